The summed E-state index contributed by atoms with van der Waals surface area (Å²) in [5.74, 6) is 7.37. The number of imidazole rings is 3. The van der Waals surface area contributed by atoms with Gasteiger partial charge >= 0.3 is 0 Å². The van der Waals surface area contributed by atoms with Crippen molar-refractivity contribution in [1.82, 2.24) is 93.8 Å². The van der Waals surface area contributed by atoms with E-state index in [1.807, 2.05) is 87.5 Å². The maximum atomic E-state index is 12.8. The lowest BCUT2D eigenvalue weighted by Gasteiger charge is -2.16. The second-order valence-electron chi connectivity index (χ2n) is 24.3. The first-order chi connectivity index (χ1) is 45.5. The Balaban J connectivity index is 0.000000128. The van der Waals surface area contributed by atoms with Gasteiger partial charge in [-0.05, 0) is 116 Å². The Morgan fingerprint density at radius 1 is 0.447 bits per heavy atom. The Hall–Kier alpha value is -8.87. The van der Waals surface area contributed by atoms with E-state index >= 15 is 0 Å². The van der Waals surface area contributed by atoms with Crippen LogP contribution in [0.15, 0.2) is 155 Å². The van der Waals surface area contributed by atoms with Crippen molar-refractivity contribution in [2.45, 2.75) is 78.3 Å². The van der Waals surface area contributed by atoms with Crippen LogP contribution in [0.1, 0.15) is 89.9 Å². The van der Waals surface area contributed by atoms with Crippen molar-refractivity contribution in [2.24, 2.45) is 17.8 Å². The van der Waals surface area contributed by atoms with Crippen LogP contribution < -0.4 is 22.0 Å². The molecule has 3 aliphatic heterocycles. The summed E-state index contributed by atoms with van der Waals surface area (Å²) in [6, 6.07) is 31.0. The quantitative estimate of drug-likeness (QED) is 0.0878. The van der Waals surface area contributed by atoms with E-state index < -0.39 is 0 Å². The molecule has 22 nitrogen and oxygen atoms in total. The zero-order chi connectivity index (χ0) is 65.7. The van der Waals surface area contributed by atoms with Gasteiger partial charge in [0.1, 0.15) is 29.1 Å². The van der Waals surface area contributed by atoms with Crippen LogP contribution in [0.4, 0.5) is 0 Å². The van der Waals surface area contributed by atoms with E-state index in [-0.39, 0.29) is 34.4 Å². The van der Waals surface area contributed by atoms with Gasteiger partial charge in [-0.3, -0.25) is 24.2 Å². The lowest BCUT2D eigenvalue weighted by molar-refractivity contribution is 0.310. The van der Waals surface area contributed by atoms with Gasteiger partial charge in [0.05, 0.1) is 31.0 Å². The average Bonchev–Trinajstić information content (AvgIpc) is 1.60. The lowest BCUT2D eigenvalue weighted by Crippen LogP contribution is -2.23. The Labute approximate surface area is 560 Å². The van der Waals surface area contributed by atoms with Crippen LogP contribution in [0.25, 0.3) is 50.7 Å². The number of aromatic amines is 3. The summed E-state index contributed by atoms with van der Waals surface area (Å²) in [5, 5.41) is 19.6. The largest absolute Gasteiger partial charge is 0.316 e. The molecule has 3 saturated heterocycles. The van der Waals surface area contributed by atoms with Crippen molar-refractivity contribution in [1.29, 1.82) is 0 Å². The van der Waals surface area contributed by atoms with Crippen LogP contribution in [0.2, 0.25) is 15.1 Å². The van der Waals surface area contributed by atoms with Crippen LogP contribution in [0.3, 0.4) is 0 Å². The fourth-order valence-electron chi connectivity index (χ4n) is 12.4. The van der Waals surface area contributed by atoms with Crippen molar-refractivity contribution >= 4 is 63.0 Å². The van der Waals surface area contributed by atoms with Gasteiger partial charge in [0.25, 0.3) is 16.7 Å². The number of hydrogen-bond acceptors (Lipinski definition) is 16. The molecule has 0 amide bonds. The number of alkyl halides is 1. The van der Waals surface area contributed by atoms with Crippen LogP contribution in [0.5, 0.6) is 0 Å². The van der Waals surface area contributed by atoms with Crippen molar-refractivity contribution in [3.05, 3.63) is 238 Å². The Morgan fingerprint density at radius 2 is 0.840 bits per heavy atom. The predicted molar refractivity (Wildman–Crippen MR) is 366 cm³/mol. The lowest BCUT2D eigenvalue weighted by atomic mass is 9.97. The Morgan fingerprint density at radius 3 is 1.22 bits per heavy atom. The smallest absolute Gasteiger partial charge is 0.276 e. The molecule has 12 aromatic rings. The minimum atomic E-state index is -0.194. The molecule has 0 radical (unpaired) electrons. The summed E-state index contributed by atoms with van der Waals surface area (Å²) in [6.45, 7) is 19.3. The van der Waals surface area contributed by atoms with Gasteiger partial charge in [-0.1, -0.05) is 104 Å². The van der Waals surface area contributed by atoms with Crippen molar-refractivity contribution < 1.29 is 0 Å². The van der Waals surface area contributed by atoms with Crippen LogP contribution in [-0.2, 0) is 19.0 Å². The first kappa shape index (κ1) is 65.2. The van der Waals surface area contributed by atoms with Gasteiger partial charge in [-0.25, -0.2) is 48.4 Å². The van der Waals surface area contributed by atoms with E-state index in [0.717, 1.165) is 85.0 Å². The van der Waals surface area contributed by atoms with E-state index in [2.05, 4.69) is 110 Å². The first-order valence-electron chi connectivity index (χ1n) is 31.0. The number of nitrogens with zero attached hydrogens (tertiary/aromatic N) is 15. The highest BCUT2D eigenvalue weighted by atomic mass is 35.5. The van der Waals surface area contributed by atoms with Gasteiger partial charge in [0, 0.05) is 114 Å². The number of aromatic nitrogens is 16. The number of halogens is 4. The summed E-state index contributed by atoms with van der Waals surface area (Å²) >= 11 is 24.0. The van der Waals surface area contributed by atoms with Crippen LogP contribution in [0, 0.1) is 38.5 Å². The first-order valence-corrected chi connectivity index (χ1v) is 32.6. The molecule has 0 bridgehead atoms. The van der Waals surface area contributed by atoms with E-state index in [1.165, 1.54) is 5.56 Å². The fraction of sp³-hybridized carbons (Fsp3) is 0.309. The minimum Gasteiger partial charge on any atom is -0.316 e. The van der Waals surface area contributed by atoms with Crippen LogP contribution >= 0.6 is 46.4 Å². The van der Waals surface area contributed by atoms with E-state index in [9.17, 15) is 14.4 Å². The topological polar surface area (TPSA) is 259 Å². The molecule has 4 aromatic carbocycles. The molecule has 94 heavy (non-hydrogen) atoms. The van der Waals surface area contributed by atoms with E-state index in [0.29, 0.717) is 103 Å². The molecule has 3 fully saturated rings. The maximum absolute atomic E-state index is 12.8. The second kappa shape index (κ2) is 28.8. The molecule has 26 heteroatoms. The number of aryl methyl sites for hydroxylation is 3. The van der Waals surface area contributed by atoms with E-state index in [4.69, 9.17) is 61.7 Å². The van der Waals surface area contributed by atoms with Crippen molar-refractivity contribution in [2.75, 3.05) is 39.3 Å². The predicted octanol–water partition coefficient (Wildman–Crippen LogP) is 10.9. The van der Waals surface area contributed by atoms with Gasteiger partial charge in [-0.2, -0.15) is 15.3 Å². The average molecular weight is 1340 g/mol. The summed E-state index contributed by atoms with van der Waals surface area (Å²) in [7, 11) is 0. The molecule has 15 rings (SSSR count). The van der Waals surface area contributed by atoms with Crippen molar-refractivity contribution in [3.8, 4) is 34.2 Å². The molecule has 11 heterocycles. The number of likely N-dealkylation sites (tertiary alicyclic amines) is 2. The SMILES string of the molecule is Cc1ccc(Cl)cc1-c1ncc2c(=O)[nH]c(C3CN(Cc4ccccc4)CC3C)nn12.Cc1ccc(Cl)cc1-c1ncc2c(=O)[nH]c(C3CN(Cc4ncccn4)CC3C)nn12.Cc1ccc(Cl)cc1-c1ncc2c(=O)[nH]c(C3CNCC3C)nn12.ClCc1ncccn1. The molecule has 3 aliphatic rings. The van der Waals surface area contributed by atoms with Crippen molar-refractivity contribution in [3.63, 3.8) is 0 Å². The molecule has 6 atom stereocenters. The van der Waals surface area contributed by atoms with Gasteiger partial charge in [0.2, 0.25) is 0 Å². The zero-order valence-corrected chi connectivity index (χ0v) is 55.6. The summed E-state index contributed by atoms with van der Waals surface area (Å²) in [4.78, 5) is 81.5. The molecule has 482 valence electrons. The number of H-pyrrole nitrogens is 3. The molecule has 0 spiro atoms. The second-order valence-corrected chi connectivity index (χ2v) is 25.9. The Bertz CT molecular complexity index is 4630. The van der Waals surface area contributed by atoms with Gasteiger partial charge < -0.3 is 20.3 Å². The summed E-state index contributed by atoms with van der Waals surface area (Å²) in [6.07, 6.45) is 11.5. The van der Waals surface area contributed by atoms with Gasteiger partial charge in [-0.15, -0.1) is 11.6 Å². The highest BCUT2D eigenvalue weighted by Gasteiger charge is 2.35. The standard InChI is InChI=1S/C24H24ClN5O.C22H22ClN7O.C17H18ClN5O.C5H5ClN2/c1-15-8-9-18(25)10-19(15)23-26-11-21-24(31)27-22(28-30(21)23)20-14-29(12-16(20)2)13-17-6-4-3-5-7-17;1-13-4-5-15(23)8-16(13)21-26-9-18-22(31)27-20(28-30(18)21)17-11-29(10-14(17)2)12-19-24-6-3-7-25-19;1-9-3-4-11(18)5-12(9)16-20-8-14-17(24)21-15(22-23(14)16)13-7-19-6-10(13)2;6-4-5-7-2-1-3-8-5/h3-11,16,20H,12-14H2,1-2H3,(H,27,28,31);3-9,14,17H,10-12H2,1-2H3,(H,27,28,31);3-5,8,10,13,19H,6-7H2,1-2H3,(H,21,22,24);1-3H,4H2. The molecule has 6 unspecified atom stereocenters. The highest BCUT2D eigenvalue weighted by Crippen LogP contribution is 2.35. The third-order valence-corrected chi connectivity index (χ3v) is 18.4. The normalized spacial score (nSPS) is 18.8. The summed E-state index contributed by atoms with van der Waals surface area (Å²) in [5.41, 5.74) is 7.74. The van der Waals surface area contributed by atoms with Crippen LogP contribution in [-0.4, -0.2) is 128 Å². The molecular weight excluding hydrogens is 1270 g/mol. The maximum Gasteiger partial charge on any atom is 0.276 e. The summed E-state index contributed by atoms with van der Waals surface area (Å²) < 4.78 is 4.94. The molecular formula is C68H69Cl4N19O3. The number of rotatable bonds is 11. The molecule has 8 aromatic heterocycles. The third-order valence-electron chi connectivity index (χ3n) is 17.5. The zero-order valence-electron chi connectivity index (χ0n) is 52.6. The molecule has 0 saturated carbocycles. The highest BCUT2D eigenvalue weighted by molar-refractivity contribution is 6.31. The minimum absolute atomic E-state index is 0.0940. The van der Waals surface area contributed by atoms with Gasteiger partial charge in [0.15, 0.2) is 34.0 Å². The number of hydrogen-bond donors (Lipinski definition) is 4. The molecule has 0 aliphatic carbocycles. The monoisotopic (exact) mass is 1340 g/mol. The number of fused-ring (bicyclic) bond motifs is 3. The number of benzene rings is 4. The Kier molecular flexibility index (Phi) is 20.0. The number of nitrogens with one attached hydrogen (secondary N) is 4. The van der Waals surface area contributed by atoms with E-state index in [1.54, 1.807) is 63.0 Å². The molecule has 4 N–H and O–H groups in total. The fourth-order valence-corrected chi connectivity index (χ4v) is 13.1. The third kappa shape index (κ3) is 14.4.